The Labute approximate surface area is 185 Å². The molecule has 3 rings (SSSR count). The molecule has 29 heavy (non-hydrogen) atoms. The highest BCUT2D eigenvalue weighted by Gasteiger charge is 2.25. The number of rotatable bonds is 5. The lowest BCUT2D eigenvalue weighted by atomic mass is 10.1. The van der Waals surface area contributed by atoms with Gasteiger partial charge < -0.3 is 15.2 Å². The van der Waals surface area contributed by atoms with Crippen molar-refractivity contribution in [1.82, 2.24) is 0 Å². The van der Waals surface area contributed by atoms with E-state index >= 15 is 0 Å². The number of pyridine rings is 1. The van der Waals surface area contributed by atoms with Gasteiger partial charge in [-0.3, -0.25) is 0 Å². The van der Waals surface area contributed by atoms with E-state index in [-0.39, 0.29) is 5.76 Å². The molecule has 0 aliphatic carbocycles. The summed E-state index contributed by atoms with van der Waals surface area (Å²) >= 11 is 18.1. The van der Waals surface area contributed by atoms with E-state index in [1.165, 1.54) is 0 Å². The molecule has 0 atom stereocenters. The predicted octanol–water partition coefficient (Wildman–Crippen LogP) is 5.92. The van der Waals surface area contributed by atoms with Crippen LogP contribution in [0.15, 0.2) is 67.0 Å². The monoisotopic (exact) mass is 445 g/mol. The highest BCUT2D eigenvalue weighted by atomic mass is 35.5. The average molecular weight is 446 g/mol. The number of nitrogens with zero attached hydrogens (tertiary/aromatic N) is 1. The van der Waals surface area contributed by atoms with Gasteiger partial charge in [-0.15, -0.1) is 0 Å². The van der Waals surface area contributed by atoms with Crippen molar-refractivity contribution in [2.75, 3.05) is 12.4 Å². The molecule has 0 spiro atoms. The molecule has 0 unspecified atom stereocenters. The molecule has 4 nitrogen and oxygen atoms in total. The Morgan fingerprint density at radius 3 is 2.48 bits per heavy atom. The zero-order valence-electron chi connectivity index (χ0n) is 15.8. The minimum absolute atomic E-state index is 0.0842. The van der Waals surface area contributed by atoms with Gasteiger partial charge in [-0.05, 0) is 55.5 Å². The summed E-state index contributed by atoms with van der Waals surface area (Å²) in [6.45, 7) is 1.96. The van der Waals surface area contributed by atoms with Gasteiger partial charge in [0, 0.05) is 27.9 Å². The lowest BCUT2D eigenvalue weighted by Crippen LogP contribution is -2.38. The number of methoxy groups -OCH3 is 1. The largest absolute Gasteiger partial charge is 0.502 e. The molecular formula is C22H19Cl2N2O2S+. The van der Waals surface area contributed by atoms with Crippen molar-refractivity contribution >= 4 is 57.6 Å². The summed E-state index contributed by atoms with van der Waals surface area (Å²) in [5.74, 6) is 0.651. The van der Waals surface area contributed by atoms with Gasteiger partial charge in [0.1, 0.15) is 5.75 Å². The van der Waals surface area contributed by atoms with Crippen LogP contribution >= 0.6 is 35.4 Å². The van der Waals surface area contributed by atoms with Crippen LogP contribution in [0.3, 0.4) is 0 Å². The third-order valence-corrected chi connectivity index (χ3v) is 5.04. The van der Waals surface area contributed by atoms with Crippen LogP contribution in [0.5, 0.6) is 5.75 Å². The number of halogens is 2. The standard InChI is InChI=1S/C22H18Cl2N2O2S/c1-14-4-3-11-26(13-14)20(21(27)18-12-15(23)5-10-19(18)24)22(29)25-16-6-8-17(28-2)9-7-16/h3-13H,1-2H3,(H-,25,27,29)/p+1. The van der Waals surface area contributed by atoms with Gasteiger partial charge in [-0.2, -0.15) is 4.57 Å². The van der Waals surface area contributed by atoms with Crippen LogP contribution < -0.4 is 14.6 Å². The number of ether oxygens (including phenoxy) is 1. The van der Waals surface area contributed by atoms with Crippen LogP contribution in [0, 0.1) is 6.92 Å². The molecule has 0 aliphatic rings. The normalized spacial score (nSPS) is 11.6. The first kappa shape index (κ1) is 21.1. The second-order valence-electron chi connectivity index (χ2n) is 6.29. The Balaban J connectivity index is 2.09. The molecule has 0 amide bonds. The first-order valence-electron chi connectivity index (χ1n) is 8.71. The maximum atomic E-state index is 11.1. The summed E-state index contributed by atoms with van der Waals surface area (Å²) < 4.78 is 6.93. The van der Waals surface area contributed by atoms with Crippen molar-refractivity contribution in [1.29, 1.82) is 0 Å². The van der Waals surface area contributed by atoms with E-state index in [1.54, 1.807) is 36.1 Å². The molecule has 2 aromatic carbocycles. The molecular weight excluding hydrogens is 427 g/mol. The van der Waals surface area contributed by atoms with E-state index < -0.39 is 0 Å². The van der Waals surface area contributed by atoms with Crippen molar-refractivity contribution in [3.05, 3.63) is 88.2 Å². The highest BCUT2D eigenvalue weighted by molar-refractivity contribution is 7.81. The van der Waals surface area contributed by atoms with Crippen molar-refractivity contribution in [2.24, 2.45) is 0 Å². The number of nitrogens with one attached hydrogen (secondary N) is 1. The lowest BCUT2D eigenvalue weighted by Gasteiger charge is -2.12. The molecule has 3 aromatic rings. The number of aromatic nitrogens is 1. The Morgan fingerprint density at radius 2 is 1.83 bits per heavy atom. The van der Waals surface area contributed by atoms with Crippen molar-refractivity contribution in [3.63, 3.8) is 0 Å². The first-order chi connectivity index (χ1) is 13.9. The number of benzene rings is 2. The van der Waals surface area contributed by atoms with Crippen molar-refractivity contribution < 1.29 is 14.4 Å². The van der Waals surface area contributed by atoms with Crippen LogP contribution in [-0.4, -0.2) is 17.2 Å². The molecule has 1 heterocycles. The summed E-state index contributed by atoms with van der Waals surface area (Å²) in [5.41, 5.74) is 2.53. The number of aliphatic hydroxyl groups is 1. The van der Waals surface area contributed by atoms with E-state index in [4.69, 9.17) is 40.2 Å². The van der Waals surface area contributed by atoms with Gasteiger partial charge in [-0.1, -0.05) is 35.4 Å². The SMILES string of the molecule is COc1ccc(NC(=S)/C(=C(/O)c2cc(Cl)ccc2Cl)[n+]2cccc(C)c2)cc1. The second kappa shape index (κ2) is 9.27. The van der Waals surface area contributed by atoms with Gasteiger partial charge in [0.2, 0.25) is 5.76 Å². The topological polar surface area (TPSA) is 45.4 Å². The fraction of sp³-hybridized carbons (Fsp3) is 0.0909. The smallest absolute Gasteiger partial charge is 0.288 e. The summed E-state index contributed by atoms with van der Waals surface area (Å²) in [7, 11) is 1.61. The average Bonchev–Trinajstić information content (AvgIpc) is 2.70. The zero-order chi connectivity index (χ0) is 21.0. The van der Waals surface area contributed by atoms with E-state index in [1.807, 2.05) is 49.5 Å². The fourth-order valence-electron chi connectivity index (χ4n) is 2.75. The molecule has 0 saturated heterocycles. The molecule has 2 N–H and O–H groups in total. The summed E-state index contributed by atoms with van der Waals surface area (Å²) in [6, 6.07) is 16.0. The number of hydrogen-bond donors (Lipinski definition) is 2. The van der Waals surface area contributed by atoms with E-state index in [9.17, 15) is 5.11 Å². The third kappa shape index (κ3) is 5.07. The zero-order valence-corrected chi connectivity index (χ0v) is 18.1. The Bertz CT molecular complexity index is 1080. The highest BCUT2D eigenvalue weighted by Crippen LogP contribution is 2.28. The molecule has 0 bridgehead atoms. The number of aliphatic hydroxyl groups excluding tert-OH is 1. The molecule has 0 fully saturated rings. The van der Waals surface area contributed by atoms with E-state index in [2.05, 4.69) is 5.32 Å². The Morgan fingerprint density at radius 1 is 1.10 bits per heavy atom. The summed E-state index contributed by atoms with van der Waals surface area (Å²) in [5, 5.41) is 15.1. The van der Waals surface area contributed by atoms with E-state index in [0.717, 1.165) is 17.0 Å². The number of aryl methyl sites for hydroxylation is 1. The fourth-order valence-corrected chi connectivity index (χ4v) is 3.45. The van der Waals surface area contributed by atoms with Crippen LogP contribution in [0.2, 0.25) is 10.0 Å². The molecule has 0 radical (unpaired) electrons. The lowest BCUT2D eigenvalue weighted by molar-refractivity contribution is -0.576. The molecule has 148 valence electrons. The van der Waals surface area contributed by atoms with Crippen LogP contribution in [0.1, 0.15) is 11.1 Å². The number of hydrogen-bond acceptors (Lipinski definition) is 3. The van der Waals surface area contributed by atoms with Gasteiger partial charge in [-0.25, -0.2) is 0 Å². The molecule has 7 heteroatoms. The van der Waals surface area contributed by atoms with E-state index in [0.29, 0.717) is 26.3 Å². The minimum Gasteiger partial charge on any atom is -0.502 e. The van der Waals surface area contributed by atoms with Gasteiger partial charge in [0.05, 0.1) is 12.1 Å². The summed E-state index contributed by atoms with van der Waals surface area (Å²) in [6.07, 6.45) is 3.67. The predicted molar refractivity (Wildman–Crippen MR) is 123 cm³/mol. The van der Waals surface area contributed by atoms with Crippen LogP contribution in [-0.2, 0) is 0 Å². The molecule has 1 aromatic heterocycles. The minimum atomic E-state index is -0.0842. The van der Waals surface area contributed by atoms with Crippen molar-refractivity contribution in [2.45, 2.75) is 6.92 Å². The van der Waals surface area contributed by atoms with Crippen LogP contribution in [0.25, 0.3) is 11.5 Å². The summed E-state index contributed by atoms with van der Waals surface area (Å²) in [4.78, 5) is 0.319. The maximum Gasteiger partial charge on any atom is 0.288 e. The Kier molecular flexibility index (Phi) is 6.75. The van der Waals surface area contributed by atoms with Crippen molar-refractivity contribution in [3.8, 4) is 5.75 Å². The number of anilines is 1. The van der Waals surface area contributed by atoms with Gasteiger partial charge >= 0.3 is 0 Å². The Hall–Kier alpha value is -2.60. The maximum absolute atomic E-state index is 11.1. The second-order valence-corrected chi connectivity index (χ2v) is 7.54. The third-order valence-electron chi connectivity index (χ3n) is 4.18. The molecule has 0 aliphatic heterocycles. The van der Waals surface area contributed by atoms with Crippen LogP contribution in [0.4, 0.5) is 5.69 Å². The first-order valence-corrected chi connectivity index (χ1v) is 9.88. The molecule has 0 saturated carbocycles. The quantitative estimate of drug-likeness (QED) is 0.221. The van der Waals surface area contributed by atoms with Gasteiger partial charge in [0.15, 0.2) is 17.4 Å². The van der Waals surface area contributed by atoms with Gasteiger partial charge in [0.25, 0.3) is 5.70 Å². The number of thiocarbonyl (C=S) groups is 1.